The molecule has 0 saturated carbocycles. The summed E-state index contributed by atoms with van der Waals surface area (Å²) in [5, 5.41) is 8.80. The summed E-state index contributed by atoms with van der Waals surface area (Å²) in [7, 11) is 0. The number of halogens is 3. The summed E-state index contributed by atoms with van der Waals surface area (Å²) in [6.07, 6.45) is 1.77. The molecule has 5 heterocycles. The normalized spacial score (nSPS) is 16.3. The third-order valence-corrected chi connectivity index (χ3v) is 6.95. The Morgan fingerprint density at radius 1 is 1.02 bits per heavy atom. The van der Waals surface area contributed by atoms with Crippen LogP contribution in [-0.4, -0.2) is 81.0 Å². The number of rotatable bonds is 5. The summed E-state index contributed by atoms with van der Waals surface area (Å²) < 4.78 is 45.2. The van der Waals surface area contributed by atoms with Crippen LogP contribution >= 0.6 is 0 Å². The molecule has 14 heteroatoms. The van der Waals surface area contributed by atoms with E-state index in [9.17, 15) is 22.8 Å². The van der Waals surface area contributed by atoms with Gasteiger partial charge in [0.25, 0.3) is 5.91 Å². The third kappa shape index (κ3) is 6.38. The van der Waals surface area contributed by atoms with Crippen LogP contribution < -0.4 is 10.7 Å². The van der Waals surface area contributed by atoms with Gasteiger partial charge in [0.15, 0.2) is 5.82 Å². The number of aromatic nitrogens is 4. The average molecular weight is 571 g/mol. The highest BCUT2D eigenvalue weighted by atomic mass is 19.4. The van der Waals surface area contributed by atoms with Crippen LogP contribution in [0.2, 0.25) is 0 Å². The lowest BCUT2D eigenvalue weighted by Gasteiger charge is -2.32. The highest BCUT2D eigenvalue weighted by molar-refractivity contribution is 6.05. The summed E-state index contributed by atoms with van der Waals surface area (Å²) in [5.41, 5.74) is 5.89. The van der Waals surface area contributed by atoms with Gasteiger partial charge in [0.1, 0.15) is 0 Å². The average Bonchev–Trinajstić information content (AvgIpc) is 3.34. The monoisotopic (exact) mass is 570 g/mol. The van der Waals surface area contributed by atoms with Crippen LogP contribution in [0.15, 0.2) is 42.9 Å². The molecule has 0 radical (unpaired) electrons. The van der Waals surface area contributed by atoms with Crippen LogP contribution in [0.4, 0.5) is 23.7 Å². The maximum Gasteiger partial charge on any atom is 0.417 e. The Kier molecular flexibility index (Phi) is 8.03. The van der Waals surface area contributed by atoms with Crippen molar-refractivity contribution < 1.29 is 27.5 Å². The highest BCUT2D eigenvalue weighted by Gasteiger charge is 2.31. The maximum atomic E-state index is 13.0. The van der Waals surface area contributed by atoms with Crippen LogP contribution in [-0.2, 0) is 10.9 Å². The van der Waals surface area contributed by atoms with E-state index in [1.165, 1.54) is 16.9 Å². The van der Waals surface area contributed by atoms with E-state index in [0.717, 1.165) is 29.1 Å². The van der Waals surface area contributed by atoms with E-state index in [1.54, 1.807) is 18.0 Å². The number of morpholine rings is 1. The number of hydrazine groups is 1. The van der Waals surface area contributed by atoms with Crippen molar-refractivity contribution in [2.75, 3.05) is 44.7 Å². The Labute approximate surface area is 234 Å². The number of nitrogens with one attached hydrogen (secondary N) is 2. The van der Waals surface area contributed by atoms with E-state index in [0.29, 0.717) is 57.2 Å². The van der Waals surface area contributed by atoms with Crippen LogP contribution in [0.1, 0.15) is 39.3 Å². The number of nitrogens with zero attached hydrogens (tertiary/aromatic N) is 6. The van der Waals surface area contributed by atoms with E-state index in [-0.39, 0.29) is 17.4 Å². The first-order valence-electron chi connectivity index (χ1n) is 13.0. The molecule has 1 saturated heterocycles. The number of hydrogen-bond donors (Lipinski definition) is 2. The maximum absolute atomic E-state index is 13.0. The molecule has 1 fully saturated rings. The van der Waals surface area contributed by atoms with Gasteiger partial charge in [-0.2, -0.15) is 18.3 Å². The molecule has 2 aliphatic heterocycles. The zero-order chi connectivity index (χ0) is 29.1. The number of urea groups is 1. The second-order valence-corrected chi connectivity index (χ2v) is 9.74. The summed E-state index contributed by atoms with van der Waals surface area (Å²) in [6, 6.07) is 3.79. The van der Waals surface area contributed by atoms with E-state index in [1.807, 2.05) is 24.1 Å². The van der Waals surface area contributed by atoms with Crippen LogP contribution in [0.25, 0.3) is 11.4 Å². The predicted molar refractivity (Wildman–Crippen MR) is 143 cm³/mol. The third-order valence-electron chi connectivity index (χ3n) is 6.95. The summed E-state index contributed by atoms with van der Waals surface area (Å²) in [4.78, 5) is 35.7. The fourth-order valence-corrected chi connectivity index (χ4v) is 4.67. The topological polar surface area (TPSA) is 118 Å². The SMILES string of the molecule is Cc1cc(NC(=O)c2cnn(-c3ccc(C(F)(F)F)cn3)c2C)cnc1C1=CCN(C(=O)NN2CCOCC2)CC1. The quantitative estimate of drug-likeness (QED) is 0.482. The minimum atomic E-state index is -4.50. The number of ether oxygens (including phenoxy) is 1. The lowest BCUT2D eigenvalue weighted by atomic mass is 10.0. The first-order valence-corrected chi connectivity index (χ1v) is 13.0. The Hall–Kier alpha value is -4.30. The number of carbonyl (C=O) groups excluding carboxylic acids is 2. The fraction of sp³-hybridized carbons (Fsp3) is 0.370. The number of pyridine rings is 2. The minimum Gasteiger partial charge on any atom is -0.379 e. The first-order chi connectivity index (χ1) is 19.6. The Morgan fingerprint density at radius 2 is 1.80 bits per heavy atom. The van der Waals surface area contributed by atoms with Gasteiger partial charge in [-0.15, -0.1) is 0 Å². The molecule has 2 N–H and O–H groups in total. The molecule has 5 rings (SSSR count). The van der Waals surface area contributed by atoms with E-state index < -0.39 is 17.6 Å². The van der Waals surface area contributed by atoms with E-state index in [4.69, 9.17) is 4.74 Å². The molecule has 216 valence electrons. The molecular formula is C27H29F3N8O3. The van der Waals surface area contributed by atoms with Gasteiger partial charge >= 0.3 is 12.2 Å². The van der Waals surface area contributed by atoms with Gasteiger partial charge in [-0.1, -0.05) is 6.08 Å². The molecule has 0 aliphatic carbocycles. The zero-order valence-electron chi connectivity index (χ0n) is 22.5. The van der Waals surface area contributed by atoms with Crippen molar-refractivity contribution >= 4 is 23.2 Å². The Bertz CT molecular complexity index is 1460. The van der Waals surface area contributed by atoms with Crippen LogP contribution in [0.3, 0.4) is 0 Å². The Balaban J connectivity index is 1.21. The predicted octanol–water partition coefficient (Wildman–Crippen LogP) is 3.60. The Morgan fingerprint density at radius 3 is 2.44 bits per heavy atom. The molecule has 0 atom stereocenters. The summed E-state index contributed by atoms with van der Waals surface area (Å²) >= 11 is 0. The van der Waals surface area contributed by atoms with Crippen molar-refractivity contribution in [3.8, 4) is 5.82 Å². The van der Waals surface area contributed by atoms with Crippen molar-refractivity contribution in [3.63, 3.8) is 0 Å². The molecule has 2 aliphatic rings. The zero-order valence-corrected chi connectivity index (χ0v) is 22.5. The smallest absolute Gasteiger partial charge is 0.379 e. The van der Waals surface area contributed by atoms with Gasteiger partial charge in [0.05, 0.1) is 53.8 Å². The van der Waals surface area contributed by atoms with Gasteiger partial charge in [0, 0.05) is 32.4 Å². The molecule has 3 aromatic heterocycles. The highest BCUT2D eigenvalue weighted by Crippen LogP contribution is 2.29. The molecule has 3 amide bonds. The second-order valence-electron chi connectivity index (χ2n) is 9.74. The van der Waals surface area contributed by atoms with Gasteiger partial charge in [-0.25, -0.2) is 19.5 Å². The molecule has 0 unspecified atom stereocenters. The lowest BCUT2D eigenvalue weighted by Crippen LogP contribution is -2.53. The number of carbonyl (C=O) groups is 2. The van der Waals surface area contributed by atoms with Crippen molar-refractivity contribution in [1.29, 1.82) is 0 Å². The van der Waals surface area contributed by atoms with Gasteiger partial charge in [-0.3, -0.25) is 15.2 Å². The minimum absolute atomic E-state index is 0.141. The van der Waals surface area contributed by atoms with Gasteiger partial charge in [0.2, 0.25) is 0 Å². The van der Waals surface area contributed by atoms with Crippen molar-refractivity contribution in [3.05, 3.63) is 70.9 Å². The van der Waals surface area contributed by atoms with Crippen molar-refractivity contribution in [1.82, 2.24) is 35.1 Å². The summed E-state index contributed by atoms with van der Waals surface area (Å²) in [5.74, 6) is -0.275. The lowest BCUT2D eigenvalue weighted by molar-refractivity contribution is -0.137. The van der Waals surface area contributed by atoms with Gasteiger partial charge in [-0.05, 0) is 49.6 Å². The number of amides is 3. The molecule has 41 heavy (non-hydrogen) atoms. The van der Waals surface area contributed by atoms with E-state index >= 15 is 0 Å². The van der Waals surface area contributed by atoms with E-state index in [2.05, 4.69) is 25.8 Å². The van der Waals surface area contributed by atoms with Crippen LogP contribution in [0.5, 0.6) is 0 Å². The largest absolute Gasteiger partial charge is 0.417 e. The van der Waals surface area contributed by atoms with Crippen molar-refractivity contribution in [2.45, 2.75) is 26.4 Å². The number of alkyl halides is 3. The number of hydrogen-bond acceptors (Lipinski definition) is 7. The number of aryl methyl sites for hydroxylation is 1. The van der Waals surface area contributed by atoms with Gasteiger partial charge < -0.3 is 15.0 Å². The molecule has 3 aromatic rings. The molecular weight excluding hydrogens is 541 g/mol. The molecule has 0 aromatic carbocycles. The summed E-state index contributed by atoms with van der Waals surface area (Å²) in [6.45, 7) is 7.05. The first kappa shape index (κ1) is 28.2. The molecule has 0 bridgehead atoms. The second kappa shape index (κ2) is 11.7. The fourth-order valence-electron chi connectivity index (χ4n) is 4.67. The van der Waals surface area contributed by atoms with Crippen molar-refractivity contribution in [2.24, 2.45) is 0 Å². The number of anilines is 1. The van der Waals surface area contributed by atoms with Crippen LogP contribution in [0, 0.1) is 13.8 Å². The standard InChI is InChI=1S/C27H29F3N8O3/c1-17-13-21(15-32-24(17)19-5-7-36(8-6-19)26(40)35-37-9-11-41-12-10-37)34-25(39)22-16-33-38(18(22)2)23-4-3-20(14-31-23)27(28,29)30/h3-5,13-16H,6-12H2,1-2H3,(H,34,39)(H,35,40). The molecule has 11 nitrogen and oxygen atoms in total. The molecule has 0 spiro atoms.